The van der Waals surface area contributed by atoms with E-state index in [2.05, 4.69) is 5.32 Å². The van der Waals surface area contributed by atoms with Gasteiger partial charge in [-0.3, -0.25) is 4.79 Å². The number of amides is 1. The minimum Gasteiger partial charge on any atom is -0.497 e. The summed E-state index contributed by atoms with van der Waals surface area (Å²) in [5.74, 6) is 0.638. The molecule has 29 heavy (non-hydrogen) atoms. The van der Waals surface area contributed by atoms with E-state index in [4.69, 9.17) is 18.9 Å². The van der Waals surface area contributed by atoms with Crippen molar-refractivity contribution in [3.05, 3.63) is 54.1 Å². The average Bonchev–Trinajstić information content (AvgIpc) is 2.73. The number of ether oxygens (including phenoxy) is 4. The average molecular weight is 399 g/mol. The standard InChI is InChI=1S/C22H25NO6/c1-5-28-20-9-7-6-8-19(20)23-22(25)15(2)29-21(24)11-10-16-12-17(26-3)14-18(13-16)27-4/h6-15H,5H2,1-4H3,(H,23,25)/b11-10+/t15-/m1/s1. The molecule has 2 aromatic carbocycles. The van der Waals surface area contributed by atoms with E-state index in [0.29, 0.717) is 35.1 Å². The predicted molar refractivity (Wildman–Crippen MR) is 110 cm³/mol. The molecular weight excluding hydrogens is 374 g/mol. The highest BCUT2D eigenvalue weighted by atomic mass is 16.5. The lowest BCUT2D eigenvalue weighted by molar-refractivity contribution is -0.148. The largest absolute Gasteiger partial charge is 0.497 e. The molecule has 0 spiro atoms. The molecule has 154 valence electrons. The van der Waals surface area contributed by atoms with Gasteiger partial charge >= 0.3 is 5.97 Å². The molecule has 0 aliphatic carbocycles. The number of carbonyl (C=O) groups is 2. The normalized spacial score (nSPS) is 11.6. The fraction of sp³-hybridized carbons (Fsp3) is 0.273. The lowest BCUT2D eigenvalue weighted by atomic mass is 10.2. The number of hydrogen-bond donors (Lipinski definition) is 1. The zero-order chi connectivity index (χ0) is 21.2. The lowest BCUT2D eigenvalue weighted by Crippen LogP contribution is -2.29. The monoisotopic (exact) mass is 399 g/mol. The van der Waals surface area contributed by atoms with Crippen LogP contribution in [0.5, 0.6) is 17.2 Å². The summed E-state index contributed by atoms with van der Waals surface area (Å²) >= 11 is 0. The van der Waals surface area contributed by atoms with Crippen LogP contribution in [0.1, 0.15) is 19.4 Å². The number of hydrogen-bond acceptors (Lipinski definition) is 6. The van der Waals surface area contributed by atoms with Gasteiger partial charge in [0, 0.05) is 12.1 Å². The summed E-state index contributed by atoms with van der Waals surface area (Å²) in [6, 6.07) is 12.3. The molecule has 1 atom stereocenters. The molecule has 0 bridgehead atoms. The molecule has 0 radical (unpaired) electrons. The first kappa shape index (κ1) is 21.8. The number of carbonyl (C=O) groups excluding carboxylic acids is 2. The quantitative estimate of drug-likeness (QED) is 0.512. The van der Waals surface area contributed by atoms with Crippen molar-refractivity contribution in [1.82, 2.24) is 0 Å². The third kappa shape index (κ3) is 6.57. The van der Waals surface area contributed by atoms with Crippen molar-refractivity contribution in [3.8, 4) is 17.2 Å². The molecule has 0 unspecified atom stereocenters. The first-order valence-electron chi connectivity index (χ1n) is 9.11. The van der Waals surface area contributed by atoms with Gasteiger partial charge in [0.25, 0.3) is 5.91 Å². The van der Waals surface area contributed by atoms with Crippen molar-refractivity contribution in [2.75, 3.05) is 26.1 Å². The molecule has 0 saturated carbocycles. The third-order valence-corrected chi connectivity index (χ3v) is 3.89. The number of nitrogens with one attached hydrogen (secondary N) is 1. The van der Waals surface area contributed by atoms with Gasteiger partial charge < -0.3 is 24.3 Å². The zero-order valence-corrected chi connectivity index (χ0v) is 16.9. The molecule has 1 N–H and O–H groups in total. The summed E-state index contributed by atoms with van der Waals surface area (Å²) in [6.45, 7) is 3.82. The topological polar surface area (TPSA) is 83.1 Å². The predicted octanol–water partition coefficient (Wildman–Crippen LogP) is 3.69. The van der Waals surface area contributed by atoms with Crippen LogP contribution in [0.4, 0.5) is 5.69 Å². The second kappa shape index (κ2) is 10.8. The molecule has 0 fully saturated rings. The molecule has 0 aliphatic rings. The lowest BCUT2D eigenvalue weighted by Gasteiger charge is -2.15. The smallest absolute Gasteiger partial charge is 0.331 e. The van der Waals surface area contributed by atoms with E-state index in [1.54, 1.807) is 56.7 Å². The van der Waals surface area contributed by atoms with E-state index in [9.17, 15) is 9.59 Å². The van der Waals surface area contributed by atoms with E-state index in [1.165, 1.54) is 13.0 Å². The zero-order valence-electron chi connectivity index (χ0n) is 16.9. The van der Waals surface area contributed by atoms with E-state index in [0.717, 1.165) is 0 Å². The summed E-state index contributed by atoms with van der Waals surface area (Å²) in [7, 11) is 3.08. The van der Waals surface area contributed by atoms with Crippen LogP contribution in [-0.2, 0) is 14.3 Å². The summed E-state index contributed by atoms with van der Waals surface area (Å²) in [5.41, 5.74) is 1.21. The fourth-order valence-corrected chi connectivity index (χ4v) is 2.44. The molecule has 2 aromatic rings. The summed E-state index contributed by atoms with van der Waals surface area (Å²) < 4.78 is 21.0. The highest BCUT2D eigenvalue weighted by molar-refractivity contribution is 5.97. The van der Waals surface area contributed by atoms with Crippen LogP contribution < -0.4 is 19.5 Å². The van der Waals surface area contributed by atoms with Crippen molar-refractivity contribution in [2.24, 2.45) is 0 Å². The van der Waals surface area contributed by atoms with Crippen molar-refractivity contribution in [1.29, 1.82) is 0 Å². The highest BCUT2D eigenvalue weighted by Gasteiger charge is 2.18. The number of anilines is 1. The van der Waals surface area contributed by atoms with Crippen molar-refractivity contribution in [2.45, 2.75) is 20.0 Å². The van der Waals surface area contributed by atoms with Gasteiger partial charge in [-0.15, -0.1) is 0 Å². The Labute approximate surface area is 170 Å². The van der Waals surface area contributed by atoms with E-state index in [1.807, 2.05) is 13.0 Å². The van der Waals surface area contributed by atoms with Crippen molar-refractivity contribution >= 4 is 23.6 Å². The Balaban J connectivity index is 1.98. The van der Waals surface area contributed by atoms with Crippen LogP contribution in [0.3, 0.4) is 0 Å². The second-order valence-corrected chi connectivity index (χ2v) is 5.98. The maximum absolute atomic E-state index is 12.3. The Morgan fingerprint density at radius 3 is 2.34 bits per heavy atom. The molecule has 1 amide bonds. The number of para-hydroxylation sites is 2. The van der Waals surface area contributed by atoms with Gasteiger partial charge in [0.15, 0.2) is 6.10 Å². The molecule has 7 nitrogen and oxygen atoms in total. The van der Waals surface area contributed by atoms with Gasteiger partial charge in [-0.05, 0) is 49.8 Å². The van der Waals surface area contributed by atoms with Crippen LogP contribution in [0.15, 0.2) is 48.5 Å². The Morgan fingerprint density at radius 1 is 1.07 bits per heavy atom. The van der Waals surface area contributed by atoms with E-state index >= 15 is 0 Å². The molecule has 0 heterocycles. The molecule has 0 aromatic heterocycles. The van der Waals surface area contributed by atoms with Crippen LogP contribution in [0.2, 0.25) is 0 Å². The number of esters is 1. The SMILES string of the molecule is CCOc1ccccc1NC(=O)[C@@H](C)OC(=O)/C=C/c1cc(OC)cc(OC)c1. The van der Waals surface area contributed by atoms with Crippen LogP contribution in [-0.4, -0.2) is 38.8 Å². The van der Waals surface area contributed by atoms with Gasteiger partial charge in [-0.25, -0.2) is 4.79 Å². The minimum atomic E-state index is -0.985. The van der Waals surface area contributed by atoms with Gasteiger partial charge in [-0.2, -0.15) is 0 Å². The molecule has 0 aliphatic heterocycles. The van der Waals surface area contributed by atoms with Crippen LogP contribution >= 0.6 is 0 Å². The fourth-order valence-electron chi connectivity index (χ4n) is 2.44. The maximum Gasteiger partial charge on any atom is 0.331 e. The first-order chi connectivity index (χ1) is 14.0. The van der Waals surface area contributed by atoms with E-state index in [-0.39, 0.29) is 0 Å². The number of methoxy groups -OCH3 is 2. The Morgan fingerprint density at radius 2 is 1.72 bits per heavy atom. The summed E-state index contributed by atoms with van der Waals surface area (Å²) in [5, 5.41) is 2.71. The Kier molecular flexibility index (Phi) is 8.09. The van der Waals surface area contributed by atoms with E-state index < -0.39 is 18.0 Å². The molecule has 7 heteroatoms. The number of benzene rings is 2. The second-order valence-electron chi connectivity index (χ2n) is 5.98. The van der Waals surface area contributed by atoms with Gasteiger partial charge in [-0.1, -0.05) is 12.1 Å². The molecule has 0 saturated heterocycles. The van der Waals surface area contributed by atoms with Crippen LogP contribution in [0.25, 0.3) is 6.08 Å². The first-order valence-corrected chi connectivity index (χ1v) is 9.11. The Bertz CT molecular complexity index is 855. The summed E-state index contributed by atoms with van der Waals surface area (Å²) in [4.78, 5) is 24.4. The van der Waals surface area contributed by atoms with Gasteiger partial charge in [0.05, 0.1) is 26.5 Å². The third-order valence-electron chi connectivity index (χ3n) is 3.89. The minimum absolute atomic E-state index is 0.457. The number of rotatable bonds is 9. The molecule has 2 rings (SSSR count). The van der Waals surface area contributed by atoms with Crippen molar-refractivity contribution < 1.29 is 28.5 Å². The maximum atomic E-state index is 12.3. The van der Waals surface area contributed by atoms with Gasteiger partial charge in [0.2, 0.25) is 0 Å². The Hall–Kier alpha value is -3.48. The van der Waals surface area contributed by atoms with Crippen LogP contribution in [0, 0.1) is 0 Å². The summed E-state index contributed by atoms with van der Waals surface area (Å²) in [6.07, 6.45) is 1.82. The highest BCUT2D eigenvalue weighted by Crippen LogP contribution is 2.24. The van der Waals surface area contributed by atoms with Gasteiger partial charge in [0.1, 0.15) is 17.2 Å². The van der Waals surface area contributed by atoms with Crippen molar-refractivity contribution in [3.63, 3.8) is 0 Å². The molecular formula is C22H25NO6.